The summed E-state index contributed by atoms with van der Waals surface area (Å²) >= 11 is 0. The number of carbonyl (C=O) groups excluding carboxylic acids is 6. The molecule has 2 rings (SSSR count). The molecule has 0 aliphatic carbocycles. The van der Waals surface area contributed by atoms with Crippen LogP contribution in [-0.2, 0) is 41.9 Å². The summed E-state index contributed by atoms with van der Waals surface area (Å²) in [7, 11) is 0. The van der Waals surface area contributed by atoms with Gasteiger partial charge in [0.15, 0.2) is 0 Å². The minimum absolute atomic E-state index is 0.237. The highest BCUT2D eigenvalue weighted by atomic mass is 16.4. The van der Waals surface area contributed by atoms with Crippen LogP contribution >= 0.6 is 0 Å². The van der Waals surface area contributed by atoms with Crippen molar-refractivity contribution in [2.24, 2.45) is 0 Å². The summed E-state index contributed by atoms with van der Waals surface area (Å²) in [6, 6.07) is -0.429. The monoisotopic (exact) mass is 770 g/mol. The standard InChI is InChI=1S/C32H51N7O15/c40-16-21(43)11-33-27(46)8-24(30(49)50)37-4-6-38(25(31(51)52)9-28(47)34-12-22(44)17-41)14-19-2-1-3-20(36-19)15-39(7-5-37)26(32(53)54)10-29(48)35-13-23(45)18-42/h1-3,21-26,40-45H,4-18H2,(H,33,46)(H,34,47)(H,35,48)(H,49,50)(H,51,52)(H,53,54)/p-3. The molecule has 1 aromatic heterocycles. The van der Waals surface area contributed by atoms with Gasteiger partial charge in [-0.3, -0.25) is 34.1 Å². The zero-order valence-electron chi connectivity index (χ0n) is 29.4. The number of carbonyl (C=O) groups is 6. The van der Waals surface area contributed by atoms with Crippen LogP contribution < -0.4 is 31.3 Å². The van der Waals surface area contributed by atoms with Crippen LogP contribution in [-0.4, -0.2) is 188 Å². The average Bonchev–Trinajstić information content (AvgIpc) is 3.13. The molecule has 0 saturated carbocycles. The van der Waals surface area contributed by atoms with Crippen LogP contribution in [0.5, 0.6) is 0 Å². The molecule has 54 heavy (non-hydrogen) atoms. The molecule has 9 N–H and O–H groups in total. The van der Waals surface area contributed by atoms with E-state index < -0.39 is 118 Å². The minimum Gasteiger partial charge on any atom is -0.548 e. The van der Waals surface area contributed by atoms with E-state index in [0.29, 0.717) is 0 Å². The van der Waals surface area contributed by atoms with E-state index in [0.717, 1.165) is 0 Å². The van der Waals surface area contributed by atoms with Gasteiger partial charge in [0.25, 0.3) is 0 Å². The number of pyridine rings is 1. The molecule has 0 saturated heterocycles. The van der Waals surface area contributed by atoms with E-state index in [1.807, 2.05) is 0 Å². The van der Waals surface area contributed by atoms with E-state index in [4.69, 9.17) is 15.3 Å². The second kappa shape index (κ2) is 23.4. The number of hydrogen-bond acceptors (Lipinski definition) is 19. The van der Waals surface area contributed by atoms with Gasteiger partial charge >= 0.3 is 0 Å². The van der Waals surface area contributed by atoms with Gasteiger partial charge in [-0.05, 0) is 12.1 Å². The fourth-order valence-electron chi connectivity index (χ4n) is 5.47. The first-order valence-corrected chi connectivity index (χ1v) is 17.0. The van der Waals surface area contributed by atoms with E-state index in [9.17, 15) is 59.4 Å². The van der Waals surface area contributed by atoms with E-state index in [1.54, 1.807) is 6.07 Å². The molecule has 6 atom stereocenters. The van der Waals surface area contributed by atoms with Crippen molar-refractivity contribution in [2.45, 2.75) is 68.8 Å². The number of amides is 3. The number of carboxylic acids is 3. The van der Waals surface area contributed by atoms with Crippen LogP contribution in [0.1, 0.15) is 30.7 Å². The van der Waals surface area contributed by atoms with Crippen LogP contribution in [0.15, 0.2) is 18.2 Å². The van der Waals surface area contributed by atoms with Gasteiger partial charge in [0.05, 0.1) is 85.6 Å². The molecule has 0 spiro atoms. The maximum absolute atomic E-state index is 12.8. The molecule has 0 aromatic carbocycles. The summed E-state index contributed by atoms with van der Waals surface area (Å²) in [5.74, 6) is -7.65. The number of nitrogens with one attached hydrogen (secondary N) is 3. The molecule has 0 fully saturated rings. The lowest BCUT2D eigenvalue weighted by atomic mass is 10.1. The van der Waals surface area contributed by atoms with E-state index >= 15 is 0 Å². The number of hydrogen-bond donors (Lipinski definition) is 9. The number of aromatic nitrogens is 1. The number of rotatable bonds is 21. The first-order valence-electron chi connectivity index (χ1n) is 17.0. The predicted octanol–water partition coefficient (Wildman–Crippen LogP) is -10.1. The number of carboxylic acid groups (broad SMARTS) is 3. The van der Waals surface area contributed by atoms with Crippen LogP contribution in [0.3, 0.4) is 0 Å². The SMILES string of the molecule is O=C(CC(C(=O)[O-])N1CCN(C(CC(=O)NCC(O)CO)C(=O)[O-])Cc2cccc(n2)CN(C(CC(=O)NCC(O)CO)C(=O)[O-])CC1)NCC(O)CO. The Bertz CT molecular complexity index is 1330. The van der Waals surface area contributed by atoms with Crippen molar-refractivity contribution < 1.29 is 74.7 Å². The summed E-state index contributed by atoms with van der Waals surface area (Å²) in [6.45, 7) is -5.01. The molecule has 1 aromatic rings. The lowest BCUT2D eigenvalue weighted by Crippen LogP contribution is -2.57. The summed E-state index contributed by atoms with van der Waals surface area (Å²) in [5, 5.41) is 100. The molecule has 2 bridgehead atoms. The molecule has 6 unspecified atom stereocenters. The van der Waals surface area contributed by atoms with Gasteiger partial charge in [-0.1, -0.05) is 6.07 Å². The second-order valence-corrected chi connectivity index (χ2v) is 12.6. The van der Waals surface area contributed by atoms with E-state index in [1.165, 1.54) is 26.8 Å². The van der Waals surface area contributed by atoms with Crippen molar-refractivity contribution in [1.82, 2.24) is 35.6 Å². The number of aliphatic hydroxyl groups is 6. The Kier molecular flexibility index (Phi) is 19.8. The molecule has 22 nitrogen and oxygen atoms in total. The third-order valence-corrected chi connectivity index (χ3v) is 8.46. The summed E-state index contributed by atoms with van der Waals surface area (Å²) < 4.78 is 0. The molecular formula is C32H48N7O15-3. The minimum atomic E-state index is -1.75. The van der Waals surface area contributed by atoms with Crippen molar-refractivity contribution in [3.8, 4) is 0 Å². The Hall–Kier alpha value is -4.39. The van der Waals surface area contributed by atoms with Crippen molar-refractivity contribution in [2.75, 3.05) is 65.6 Å². The summed E-state index contributed by atoms with van der Waals surface area (Å²) in [5.41, 5.74) is 0.474. The molecule has 3 amide bonds. The van der Waals surface area contributed by atoms with Gasteiger partial charge in [-0.25, -0.2) is 0 Å². The van der Waals surface area contributed by atoms with Gasteiger partial charge in [0.1, 0.15) is 0 Å². The van der Waals surface area contributed by atoms with Crippen molar-refractivity contribution in [3.63, 3.8) is 0 Å². The number of aliphatic carboxylic acids is 3. The topological polar surface area (TPSA) is 352 Å². The van der Waals surface area contributed by atoms with Gasteiger partial charge < -0.3 is 76.3 Å². The van der Waals surface area contributed by atoms with Crippen molar-refractivity contribution in [1.29, 1.82) is 0 Å². The van der Waals surface area contributed by atoms with Crippen molar-refractivity contribution >= 4 is 35.6 Å². The Morgan fingerprint density at radius 1 is 0.574 bits per heavy atom. The fraction of sp³-hybridized carbons (Fsp3) is 0.656. The molecular weight excluding hydrogens is 722 g/mol. The lowest BCUT2D eigenvalue weighted by molar-refractivity contribution is -0.314. The molecule has 1 aliphatic heterocycles. The molecule has 22 heteroatoms. The van der Waals surface area contributed by atoms with Gasteiger partial charge in [-0.15, -0.1) is 0 Å². The zero-order chi connectivity index (χ0) is 40.4. The number of nitrogens with zero attached hydrogens (tertiary/aromatic N) is 4. The summed E-state index contributed by atoms with van der Waals surface area (Å²) in [4.78, 5) is 83.8. The molecule has 0 radical (unpaired) electrons. The Morgan fingerprint density at radius 2 is 0.870 bits per heavy atom. The predicted molar refractivity (Wildman–Crippen MR) is 175 cm³/mol. The number of aliphatic hydroxyl groups excluding tert-OH is 6. The molecule has 2 heterocycles. The Labute approximate surface area is 310 Å². The first kappa shape index (κ1) is 45.8. The summed E-state index contributed by atoms with van der Waals surface area (Å²) in [6.07, 6.45) is -6.13. The third-order valence-electron chi connectivity index (χ3n) is 8.46. The van der Waals surface area contributed by atoms with Crippen LogP contribution in [0.25, 0.3) is 0 Å². The van der Waals surface area contributed by atoms with Gasteiger partial charge in [0.2, 0.25) is 17.7 Å². The van der Waals surface area contributed by atoms with E-state index in [2.05, 4.69) is 20.9 Å². The lowest BCUT2D eigenvalue weighted by Gasteiger charge is -2.39. The highest BCUT2D eigenvalue weighted by Gasteiger charge is 2.31. The number of fused-ring (bicyclic) bond motifs is 2. The normalized spacial score (nSPS) is 18.0. The molecule has 1 aliphatic rings. The first-order chi connectivity index (χ1) is 25.6. The third kappa shape index (κ3) is 15.9. The fourth-order valence-corrected chi connectivity index (χ4v) is 5.47. The van der Waals surface area contributed by atoms with Gasteiger partial charge in [-0.2, -0.15) is 0 Å². The quantitative estimate of drug-likeness (QED) is 0.0560. The Morgan fingerprint density at radius 3 is 1.17 bits per heavy atom. The van der Waals surface area contributed by atoms with Crippen LogP contribution in [0.2, 0.25) is 0 Å². The average molecular weight is 771 g/mol. The highest BCUT2D eigenvalue weighted by molar-refractivity contribution is 5.85. The van der Waals surface area contributed by atoms with E-state index in [-0.39, 0.29) is 63.7 Å². The molecule has 304 valence electrons. The maximum Gasteiger partial charge on any atom is 0.222 e. The Balaban J connectivity index is 2.56. The smallest absolute Gasteiger partial charge is 0.222 e. The zero-order valence-corrected chi connectivity index (χ0v) is 29.4. The maximum atomic E-state index is 12.8. The van der Waals surface area contributed by atoms with Crippen LogP contribution in [0.4, 0.5) is 0 Å². The highest BCUT2D eigenvalue weighted by Crippen LogP contribution is 2.17. The van der Waals surface area contributed by atoms with Crippen LogP contribution in [0, 0.1) is 0 Å². The largest absolute Gasteiger partial charge is 0.548 e. The second-order valence-electron chi connectivity index (χ2n) is 12.6. The van der Waals surface area contributed by atoms with Gasteiger partial charge in [0, 0.05) is 78.2 Å². The van der Waals surface area contributed by atoms with Crippen molar-refractivity contribution in [3.05, 3.63) is 29.6 Å².